The van der Waals surface area contributed by atoms with Crippen LogP contribution in [0.1, 0.15) is 27.2 Å². The summed E-state index contributed by atoms with van der Waals surface area (Å²) in [7, 11) is 0. The Kier molecular flexibility index (Phi) is 6.73. The number of aliphatic hydroxyl groups excluding tert-OH is 2. The number of rotatable bonds is 8. The molecule has 4 N–H and O–H groups in total. The second-order valence-corrected chi connectivity index (χ2v) is 6.20. The van der Waals surface area contributed by atoms with Gasteiger partial charge in [-0.05, 0) is 6.92 Å². The first-order valence-electron chi connectivity index (χ1n) is 7.31. The molecule has 128 valence electrons. The van der Waals surface area contributed by atoms with E-state index in [1.807, 2.05) is 0 Å². The van der Waals surface area contributed by atoms with Crippen molar-refractivity contribution < 1.29 is 29.3 Å². The number of hydrogen-bond acceptors (Lipinski definition) is 6. The lowest BCUT2D eigenvalue weighted by atomic mass is 9.87. The predicted molar refractivity (Wildman–Crippen MR) is 77.8 cm³/mol. The number of ether oxygens (including phenoxy) is 2. The summed E-state index contributed by atoms with van der Waals surface area (Å²) in [6, 6.07) is 0. The molecule has 0 bridgehead atoms. The van der Waals surface area contributed by atoms with Crippen LogP contribution in [0.2, 0.25) is 0 Å². The summed E-state index contributed by atoms with van der Waals surface area (Å²) in [6.07, 6.45) is -1.26. The van der Waals surface area contributed by atoms with E-state index in [2.05, 4.69) is 10.6 Å². The molecular weight excluding hydrogens is 292 g/mol. The fourth-order valence-electron chi connectivity index (χ4n) is 1.84. The molecule has 1 aliphatic rings. The monoisotopic (exact) mass is 318 g/mol. The Labute approximate surface area is 130 Å². The largest absolute Gasteiger partial charge is 0.396 e. The smallest absolute Gasteiger partial charge is 0.249 e. The van der Waals surface area contributed by atoms with Crippen molar-refractivity contribution in [3.8, 4) is 0 Å². The zero-order valence-electron chi connectivity index (χ0n) is 13.3. The zero-order chi connectivity index (χ0) is 16.8. The Morgan fingerprint density at radius 1 is 1.27 bits per heavy atom. The molecule has 1 rings (SSSR count). The molecule has 0 spiro atoms. The SMILES string of the molecule is CC1(CNC(=O)CCNC(=O)C(O)C(C)(C)CO)OCCO1. The molecule has 0 aromatic carbocycles. The highest BCUT2D eigenvalue weighted by Crippen LogP contribution is 2.19. The normalized spacial score (nSPS) is 18.8. The number of carbonyl (C=O) groups is 2. The van der Waals surface area contributed by atoms with Gasteiger partial charge in [0.05, 0.1) is 26.4 Å². The van der Waals surface area contributed by atoms with Crippen molar-refractivity contribution in [3.63, 3.8) is 0 Å². The maximum absolute atomic E-state index is 11.7. The Bertz CT molecular complexity index is 393. The molecular formula is C14H26N2O6. The van der Waals surface area contributed by atoms with E-state index in [0.717, 1.165) is 0 Å². The lowest BCUT2D eigenvalue weighted by Crippen LogP contribution is -2.46. The molecule has 1 unspecified atom stereocenters. The first kappa shape index (κ1) is 18.8. The third-order valence-corrected chi connectivity index (χ3v) is 3.55. The van der Waals surface area contributed by atoms with Crippen molar-refractivity contribution >= 4 is 11.8 Å². The quantitative estimate of drug-likeness (QED) is 0.444. The van der Waals surface area contributed by atoms with Gasteiger partial charge in [0, 0.05) is 18.4 Å². The Hall–Kier alpha value is -1.22. The molecule has 1 fully saturated rings. The molecule has 1 saturated heterocycles. The standard InChI is InChI=1S/C14H26N2O6/c1-13(2,9-17)11(19)12(20)15-5-4-10(18)16-8-14(3)21-6-7-22-14/h11,17,19H,4-9H2,1-3H3,(H,15,20)(H,16,18). The van der Waals surface area contributed by atoms with E-state index in [4.69, 9.17) is 14.6 Å². The maximum atomic E-state index is 11.7. The molecule has 8 nitrogen and oxygen atoms in total. The minimum absolute atomic E-state index is 0.0775. The minimum Gasteiger partial charge on any atom is -0.396 e. The van der Waals surface area contributed by atoms with Crippen molar-refractivity contribution in [2.45, 2.75) is 39.1 Å². The van der Waals surface area contributed by atoms with Gasteiger partial charge in [-0.1, -0.05) is 13.8 Å². The van der Waals surface area contributed by atoms with Crippen LogP contribution in [-0.2, 0) is 19.1 Å². The van der Waals surface area contributed by atoms with Crippen LogP contribution < -0.4 is 10.6 Å². The van der Waals surface area contributed by atoms with Crippen molar-refractivity contribution in [2.24, 2.45) is 5.41 Å². The third kappa shape index (κ3) is 5.53. The van der Waals surface area contributed by atoms with Gasteiger partial charge < -0.3 is 30.3 Å². The molecule has 0 aliphatic carbocycles. The minimum atomic E-state index is -1.33. The van der Waals surface area contributed by atoms with Crippen molar-refractivity contribution in [1.82, 2.24) is 10.6 Å². The van der Waals surface area contributed by atoms with E-state index >= 15 is 0 Å². The van der Waals surface area contributed by atoms with Crippen LogP contribution in [0.25, 0.3) is 0 Å². The second kappa shape index (κ2) is 7.87. The Morgan fingerprint density at radius 2 is 1.86 bits per heavy atom. The highest BCUT2D eigenvalue weighted by molar-refractivity contribution is 5.82. The highest BCUT2D eigenvalue weighted by Gasteiger charge is 2.33. The Balaban J connectivity index is 2.23. The van der Waals surface area contributed by atoms with Gasteiger partial charge in [0.15, 0.2) is 5.79 Å². The van der Waals surface area contributed by atoms with E-state index in [9.17, 15) is 14.7 Å². The van der Waals surface area contributed by atoms with Crippen LogP contribution in [0, 0.1) is 5.41 Å². The maximum Gasteiger partial charge on any atom is 0.249 e. The second-order valence-electron chi connectivity index (χ2n) is 6.20. The lowest BCUT2D eigenvalue weighted by Gasteiger charge is -2.27. The summed E-state index contributed by atoms with van der Waals surface area (Å²) in [5.41, 5.74) is -0.932. The average Bonchev–Trinajstić information content (AvgIpc) is 2.91. The molecule has 0 saturated carbocycles. The molecule has 1 atom stereocenters. The molecule has 22 heavy (non-hydrogen) atoms. The van der Waals surface area contributed by atoms with Gasteiger partial charge in [-0.2, -0.15) is 0 Å². The first-order valence-corrected chi connectivity index (χ1v) is 7.31. The molecule has 1 aliphatic heterocycles. The van der Waals surface area contributed by atoms with Gasteiger partial charge in [-0.3, -0.25) is 9.59 Å². The molecule has 8 heteroatoms. The number of hydrogen-bond donors (Lipinski definition) is 4. The third-order valence-electron chi connectivity index (χ3n) is 3.55. The first-order chi connectivity index (χ1) is 10.2. The fraction of sp³-hybridized carbons (Fsp3) is 0.857. The zero-order valence-corrected chi connectivity index (χ0v) is 13.3. The van der Waals surface area contributed by atoms with Crippen molar-refractivity contribution in [1.29, 1.82) is 0 Å². The van der Waals surface area contributed by atoms with Crippen LogP contribution in [-0.4, -0.2) is 66.8 Å². The van der Waals surface area contributed by atoms with Crippen LogP contribution in [0.4, 0.5) is 0 Å². The summed E-state index contributed by atoms with van der Waals surface area (Å²) < 4.78 is 10.7. The van der Waals surface area contributed by atoms with E-state index in [0.29, 0.717) is 13.2 Å². The summed E-state index contributed by atoms with van der Waals surface area (Å²) >= 11 is 0. The van der Waals surface area contributed by atoms with Crippen LogP contribution in [0.15, 0.2) is 0 Å². The van der Waals surface area contributed by atoms with E-state index < -0.39 is 23.2 Å². The van der Waals surface area contributed by atoms with E-state index in [-0.39, 0.29) is 32.0 Å². The predicted octanol–water partition coefficient (Wildman–Crippen LogP) is -1.25. The van der Waals surface area contributed by atoms with Crippen LogP contribution in [0.5, 0.6) is 0 Å². The van der Waals surface area contributed by atoms with Crippen molar-refractivity contribution in [3.05, 3.63) is 0 Å². The van der Waals surface area contributed by atoms with Gasteiger partial charge >= 0.3 is 0 Å². The summed E-state index contributed by atoms with van der Waals surface area (Å²) in [5, 5.41) is 24.0. The number of carbonyl (C=O) groups excluding carboxylic acids is 2. The summed E-state index contributed by atoms with van der Waals surface area (Å²) in [6.45, 7) is 5.91. The van der Waals surface area contributed by atoms with E-state index in [1.54, 1.807) is 20.8 Å². The van der Waals surface area contributed by atoms with Gasteiger partial charge in [-0.15, -0.1) is 0 Å². The number of amides is 2. The van der Waals surface area contributed by atoms with Gasteiger partial charge in [-0.25, -0.2) is 0 Å². The molecule has 2 amide bonds. The summed E-state index contributed by atoms with van der Waals surface area (Å²) in [5.74, 6) is -1.65. The topological polar surface area (TPSA) is 117 Å². The molecule has 0 aromatic heterocycles. The Morgan fingerprint density at radius 3 is 2.41 bits per heavy atom. The summed E-state index contributed by atoms with van der Waals surface area (Å²) in [4.78, 5) is 23.4. The van der Waals surface area contributed by atoms with Crippen LogP contribution in [0.3, 0.4) is 0 Å². The molecule has 1 heterocycles. The van der Waals surface area contributed by atoms with Crippen LogP contribution >= 0.6 is 0 Å². The number of aliphatic hydroxyl groups is 2. The van der Waals surface area contributed by atoms with Gasteiger partial charge in [0.1, 0.15) is 6.10 Å². The number of nitrogens with one attached hydrogen (secondary N) is 2. The molecule has 0 aromatic rings. The van der Waals surface area contributed by atoms with Crippen molar-refractivity contribution in [2.75, 3.05) is 32.9 Å². The lowest BCUT2D eigenvalue weighted by molar-refractivity contribution is -0.145. The fourth-order valence-corrected chi connectivity index (χ4v) is 1.84. The molecule has 0 radical (unpaired) electrons. The highest BCUT2D eigenvalue weighted by atomic mass is 16.7. The van der Waals surface area contributed by atoms with Gasteiger partial charge in [0.25, 0.3) is 0 Å². The van der Waals surface area contributed by atoms with Gasteiger partial charge in [0.2, 0.25) is 11.8 Å². The van der Waals surface area contributed by atoms with E-state index in [1.165, 1.54) is 0 Å². The average molecular weight is 318 g/mol.